The highest BCUT2D eigenvalue weighted by Gasteiger charge is 2.17. The molecule has 0 radical (unpaired) electrons. The van der Waals surface area contributed by atoms with Crippen molar-refractivity contribution >= 4 is 5.91 Å². The van der Waals surface area contributed by atoms with Crippen LogP contribution in [-0.2, 0) is 6.54 Å². The van der Waals surface area contributed by atoms with Gasteiger partial charge in [0.05, 0.1) is 12.1 Å². The van der Waals surface area contributed by atoms with Crippen molar-refractivity contribution < 1.29 is 4.79 Å². The van der Waals surface area contributed by atoms with Crippen molar-refractivity contribution in [2.75, 3.05) is 6.54 Å². The minimum absolute atomic E-state index is 0.0725. The molecular formula is C21H23N3O. The number of hydrogen-bond acceptors (Lipinski definition) is 2. The second kappa shape index (κ2) is 7.79. The molecule has 0 unspecified atom stereocenters. The third kappa shape index (κ3) is 4.15. The van der Waals surface area contributed by atoms with Crippen LogP contribution >= 0.6 is 0 Å². The van der Waals surface area contributed by atoms with E-state index in [4.69, 9.17) is 5.10 Å². The number of aromatic nitrogens is 2. The first-order valence-corrected chi connectivity index (χ1v) is 8.64. The summed E-state index contributed by atoms with van der Waals surface area (Å²) in [4.78, 5) is 12.6. The number of rotatable bonds is 6. The summed E-state index contributed by atoms with van der Waals surface area (Å²) in [7, 11) is 0. The maximum Gasteiger partial charge on any atom is 0.255 e. The largest absolute Gasteiger partial charge is 0.352 e. The van der Waals surface area contributed by atoms with Gasteiger partial charge < -0.3 is 5.32 Å². The quantitative estimate of drug-likeness (QED) is 0.740. The minimum Gasteiger partial charge on any atom is -0.352 e. The topological polar surface area (TPSA) is 46.9 Å². The highest BCUT2D eigenvalue weighted by Crippen LogP contribution is 2.23. The van der Waals surface area contributed by atoms with Gasteiger partial charge in [0.25, 0.3) is 5.91 Å². The molecule has 0 aliphatic heterocycles. The number of hydrogen-bond donors (Lipinski definition) is 1. The molecule has 3 rings (SSSR count). The third-order valence-electron chi connectivity index (χ3n) is 4.05. The molecule has 3 aromatic rings. The lowest BCUT2D eigenvalue weighted by molar-refractivity contribution is 0.0954. The molecule has 128 valence electrons. The molecule has 1 amide bonds. The Hall–Kier alpha value is -2.88. The van der Waals surface area contributed by atoms with Crippen LogP contribution in [0, 0.1) is 6.92 Å². The summed E-state index contributed by atoms with van der Waals surface area (Å²) in [6, 6.07) is 18.2. The van der Waals surface area contributed by atoms with Crippen molar-refractivity contribution in [3.05, 3.63) is 77.5 Å². The van der Waals surface area contributed by atoms with E-state index in [1.165, 1.54) is 5.56 Å². The van der Waals surface area contributed by atoms with Crippen LogP contribution in [0.5, 0.6) is 0 Å². The van der Waals surface area contributed by atoms with E-state index in [1.807, 2.05) is 67.2 Å². The monoisotopic (exact) mass is 333 g/mol. The predicted molar refractivity (Wildman–Crippen MR) is 101 cm³/mol. The van der Waals surface area contributed by atoms with Gasteiger partial charge in [-0.25, -0.2) is 0 Å². The Morgan fingerprint density at radius 2 is 1.80 bits per heavy atom. The molecule has 1 heterocycles. The molecule has 1 N–H and O–H groups in total. The highest BCUT2D eigenvalue weighted by atomic mass is 16.1. The Morgan fingerprint density at radius 1 is 1.08 bits per heavy atom. The molecule has 0 aliphatic carbocycles. The number of nitrogens with zero attached hydrogens (tertiary/aromatic N) is 2. The second-order valence-corrected chi connectivity index (χ2v) is 6.20. The van der Waals surface area contributed by atoms with E-state index < -0.39 is 0 Å². The van der Waals surface area contributed by atoms with Gasteiger partial charge in [-0.1, -0.05) is 67.1 Å². The van der Waals surface area contributed by atoms with E-state index in [0.717, 1.165) is 23.2 Å². The summed E-state index contributed by atoms with van der Waals surface area (Å²) >= 11 is 0. The molecule has 0 saturated carbocycles. The summed E-state index contributed by atoms with van der Waals surface area (Å²) in [6.07, 6.45) is 2.75. The number of nitrogens with one attached hydrogen (secondary N) is 1. The Bertz CT molecular complexity index is 835. The Morgan fingerprint density at radius 3 is 2.48 bits per heavy atom. The van der Waals surface area contributed by atoms with Crippen LogP contribution in [0.4, 0.5) is 0 Å². The zero-order chi connectivity index (χ0) is 17.6. The van der Waals surface area contributed by atoms with Crippen molar-refractivity contribution in [3.63, 3.8) is 0 Å². The van der Waals surface area contributed by atoms with Gasteiger partial charge in [-0.3, -0.25) is 9.48 Å². The van der Waals surface area contributed by atoms with Gasteiger partial charge in [0.2, 0.25) is 0 Å². The molecular weight excluding hydrogens is 310 g/mol. The molecule has 0 spiro atoms. The van der Waals surface area contributed by atoms with E-state index in [1.54, 1.807) is 0 Å². The fraction of sp³-hybridized carbons (Fsp3) is 0.238. The van der Waals surface area contributed by atoms with Crippen LogP contribution < -0.4 is 5.32 Å². The Kier molecular flexibility index (Phi) is 5.29. The van der Waals surface area contributed by atoms with Crippen LogP contribution in [-0.4, -0.2) is 22.2 Å². The van der Waals surface area contributed by atoms with E-state index in [9.17, 15) is 4.79 Å². The smallest absolute Gasteiger partial charge is 0.255 e. The molecule has 0 aliphatic rings. The summed E-state index contributed by atoms with van der Waals surface area (Å²) in [5.74, 6) is -0.0725. The maximum atomic E-state index is 12.6. The van der Waals surface area contributed by atoms with Crippen molar-refractivity contribution in [2.45, 2.75) is 26.8 Å². The molecule has 0 fully saturated rings. The van der Waals surface area contributed by atoms with E-state index in [2.05, 4.69) is 17.4 Å². The third-order valence-corrected chi connectivity index (χ3v) is 4.05. The molecule has 25 heavy (non-hydrogen) atoms. The lowest BCUT2D eigenvalue weighted by Gasteiger charge is -2.04. The molecule has 4 heteroatoms. The molecule has 4 nitrogen and oxygen atoms in total. The standard InChI is InChI=1S/C21H23N3O/c1-3-13-22-21(25)19-15-24(14-17-7-5-4-6-8-17)23-20(19)18-11-9-16(2)10-12-18/h4-12,15H,3,13-14H2,1-2H3,(H,22,25). The van der Waals surface area contributed by atoms with Crippen molar-refractivity contribution in [1.29, 1.82) is 0 Å². The van der Waals surface area contributed by atoms with Gasteiger partial charge in [-0.15, -0.1) is 0 Å². The van der Waals surface area contributed by atoms with Gasteiger partial charge in [-0.2, -0.15) is 5.10 Å². The normalized spacial score (nSPS) is 10.6. The first kappa shape index (κ1) is 17.0. The first-order chi connectivity index (χ1) is 12.2. The zero-order valence-electron chi connectivity index (χ0n) is 14.7. The SMILES string of the molecule is CCCNC(=O)c1cn(Cc2ccccc2)nc1-c1ccc(C)cc1. The fourth-order valence-corrected chi connectivity index (χ4v) is 2.70. The van der Waals surface area contributed by atoms with Crippen LogP contribution in [0.3, 0.4) is 0 Å². The van der Waals surface area contributed by atoms with Crippen LogP contribution in [0.2, 0.25) is 0 Å². The lowest BCUT2D eigenvalue weighted by Crippen LogP contribution is -2.24. The molecule has 0 atom stereocenters. The number of benzene rings is 2. The zero-order valence-corrected chi connectivity index (χ0v) is 14.7. The van der Waals surface area contributed by atoms with Gasteiger partial charge >= 0.3 is 0 Å². The summed E-state index contributed by atoms with van der Waals surface area (Å²) in [5, 5.41) is 7.65. The van der Waals surface area contributed by atoms with Gasteiger partial charge in [-0.05, 0) is 18.9 Å². The van der Waals surface area contributed by atoms with Crippen molar-refractivity contribution in [2.24, 2.45) is 0 Å². The first-order valence-electron chi connectivity index (χ1n) is 8.64. The second-order valence-electron chi connectivity index (χ2n) is 6.20. The lowest BCUT2D eigenvalue weighted by atomic mass is 10.1. The summed E-state index contributed by atoms with van der Waals surface area (Å²) in [5.41, 5.74) is 4.64. The van der Waals surface area contributed by atoms with Gasteiger partial charge in [0.1, 0.15) is 5.69 Å². The van der Waals surface area contributed by atoms with E-state index in [0.29, 0.717) is 18.7 Å². The summed E-state index contributed by atoms with van der Waals surface area (Å²) in [6.45, 7) is 5.39. The van der Waals surface area contributed by atoms with Crippen molar-refractivity contribution in [1.82, 2.24) is 15.1 Å². The molecule has 1 aromatic heterocycles. The highest BCUT2D eigenvalue weighted by molar-refractivity contribution is 5.99. The van der Waals surface area contributed by atoms with Crippen LogP contribution in [0.15, 0.2) is 60.8 Å². The van der Waals surface area contributed by atoms with E-state index >= 15 is 0 Å². The molecule has 0 bridgehead atoms. The molecule has 0 saturated heterocycles. The number of aryl methyl sites for hydroxylation is 1. The summed E-state index contributed by atoms with van der Waals surface area (Å²) < 4.78 is 1.84. The average Bonchev–Trinajstić information content (AvgIpc) is 3.05. The Labute approximate surface area is 148 Å². The van der Waals surface area contributed by atoms with Gasteiger partial charge in [0.15, 0.2) is 0 Å². The van der Waals surface area contributed by atoms with Crippen LogP contribution in [0.25, 0.3) is 11.3 Å². The van der Waals surface area contributed by atoms with Crippen molar-refractivity contribution in [3.8, 4) is 11.3 Å². The number of carbonyl (C=O) groups is 1. The number of carbonyl (C=O) groups excluding carboxylic acids is 1. The number of amides is 1. The van der Waals surface area contributed by atoms with Gasteiger partial charge in [0, 0.05) is 18.3 Å². The maximum absolute atomic E-state index is 12.6. The minimum atomic E-state index is -0.0725. The van der Waals surface area contributed by atoms with Crippen LogP contribution in [0.1, 0.15) is 34.8 Å². The molecule has 2 aromatic carbocycles. The average molecular weight is 333 g/mol. The fourth-order valence-electron chi connectivity index (χ4n) is 2.70. The van der Waals surface area contributed by atoms with E-state index in [-0.39, 0.29) is 5.91 Å². The predicted octanol–water partition coefficient (Wildman–Crippen LogP) is 4.05. The Balaban J connectivity index is 1.95.